The van der Waals surface area contributed by atoms with Crippen LogP contribution in [0.1, 0.15) is 51.4 Å². The summed E-state index contributed by atoms with van der Waals surface area (Å²) in [6.45, 7) is 8.24. The Hall–Kier alpha value is -3.09. The molecule has 4 rings (SSSR count). The van der Waals surface area contributed by atoms with Crippen LogP contribution < -0.4 is 10.2 Å². The molecule has 4 amide bonds. The molecule has 2 aromatic rings. The van der Waals surface area contributed by atoms with Gasteiger partial charge in [-0.05, 0) is 61.8 Å². The maximum atomic E-state index is 13.4. The van der Waals surface area contributed by atoms with Gasteiger partial charge in [-0.2, -0.15) is 0 Å². The average molecular weight is 438 g/mol. The van der Waals surface area contributed by atoms with Crippen LogP contribution in [0.15, 0.2) is 47.1 Å². The van der Waals surface area contributed by atoms with Gasteiger partial charge in [0.15, 0.2) is 0 Å². The molecule has 1 saturated carbocycles. The van der Waals surface area contributed by atoms with Crippen LogP contribution >= 0.6 is 0 Å². The van der Waals surface area contributed by atoms with Crippen molar-refractivity contribution in [3.05, 3.63) is 54.0 Å². The molecule has 1 aliphatic carbocycles. The van der Waals surface area contributed by atoms with Crippen molar-refractivity contribution in [1.29, 1.82) is 0 Å². The van der Waals surface area contributed by atoms with Crippen LogP contribution in [0.25, 0.3) is 0 Å². The first kappa shape index (κ1) is 22.1. The number of hydrogen-bond donors (Lipinski definition) is 1. The van der Waals surface area contributed by atoms with E-state index in [4.69, 9.17) is 4.42 Å². The molecule has 1 aromatic carbocycles. The van der Waals surface area contributed by atoms with Gasteiger partial charge in [0.25, 0.3) is 5.91 Å². The molecule has 7 nitrogen and oxygen atoms in total. The van der Waals surface area contributed by atoms with Gasteiger partial charge in [0.05, 0.1) is 12.8 Å². The molecule has 1 aliphatic heterocycles. The van der Waals surface area contributed by atoms with Gasteiger partial charge in [0.2, 0.25) is 5.91 Å². The lowest BCUT2D eigenvalue weighted by atomic mass is 9.64. The van der Waals surface area contributed by atoms with Crippen LogP contribution in [-0.2, 0) is 16.1 Å². The minimum Gasteiger partial charge on any atom is -0.467 e. The van der Waals surface area contributed by atoms with E-state index in [2.05, 4.69) is 26.1 Å². The number of nitrogens with zero attached hydrogens (tertiary/aromatic N) is 2. The monoisotopic (exact) mass is 437 g/mol. The highest BCUT2D eigenvalue weighted by molar-refractivity contribution is 6.10. The summed E-state index contributed by atoms with van der Waals surface area (Å²) in [7, 11) is 0. The van der Waals surface area contributed by atoms with Gasteiger partial charge in [-0.3, -0.25) is 14.5 Å². The summed E-state index contributed by atoms with van der Waals surface area (Å²) in [6.07, 6.45) is 3.73. The van der Waals surface area contributed by atoms with Crippen LogP contribution in [0, 0.1) is 18.3 Å². The second-order valence-electron chi connectivity index (χ2n) is 10.2. The fraction of sp³-hybridized carbons (Fsp3) is 0.480. The van der Waals surface area contributed by atoms with E-state index < -0.39 is 11.6 Å². The Morgan fingerprint density at radius 3 is 2.53 bits per heavy atom. The standard InChI is InChI=1S/C25H31N3O4/c1-17-7-9-19(10-8-17)27(14-20-6-5-11-32-20)21(29)15-28-22(30)25(26-23(28)31)13-18(2)12-24(3,4)16-25/h5-11,18H,12-16H2,1-4H3,(H,26,31). The van der Waals surface area contributed by atoms with Gasteiger partial charge < -0.3 is 14.6 Å². The van der Waals surface area contributed by atoms with Crippen molar-refractivity contribution in [2.75, 3.05) is 11.4 Å². The number of nitrogens with one attached hydrogen (secondary N) is 1. The van der Waals surface area contributed by atoms with Crippen LogP contribution in [-0.4, -0.2) is 34.8 Å². The van der Waals surface area contributed by atoms with E-state index in [1.807, 2.05) is 31.2 Å². The zero-order valence-corrected chi connectivity index (χ0v) is 19.2. The van der Waals surface area contributed by atoms with Gasteiger partial charge >= 0.3 is 6.03 Å². The molecule has 170 valence electrons. The normalized spacial score (nSPS) is 24.6. The summed E-state index contributed by atoms with van der Waals surface area (Å²) in [5.41, 5.74) is 0.776. The predicted octanol–water partition coefficient (Wildman–Crippen LogP) is 4.26. The van der Waals surface area contributed by atoms with E-state index >= 15 is 0 Å². The summed E-state index contributed by atoms with van der Waals surface area (Å²) in [5, 5.41) is 2.94. The summed E-state index contributed by atoms with van der Waals surface area (Å²) in [6, 6.07) is 10.6. The molecular formula is C25H31N3O4. The average Bonchev–Trinajstić information content (AvgIpc) is 3.28. The number of hydrogen-bond acceptors (Lipinski definition) is 4. The highest BCUT2D eigenvalue weighted by atomic mass is 16.3. The van der Waals surface area contributed by atoms with E-state index in [0.29, 0.717) is 30.2 Å². The highest BCUT2D eigenvalue weighted by Gasteiger charge is 2.56. The molecule has 32 heavy (non-hydrogen) atoms. The van der Waals surface area contributed by atoms with Crippen molar-refractivity contribution in [3.8, 4) is 0 Å². The van der Waals surface area contributed by atoms with Crippen LogP contribution in [0.3, 0.4) is 0 Å². The molecule has 1 aromatic heterocycles. The summed E-state index contributed by atoms with van der Waals surface area (Å²) < 4.78 is 5.44. The molecule has 7 heteroatoms. The third-order valence-corrected chi connectivity index (χ3v) is 6.46. The minimum absolute atomic E-state index is 0.0617. The Morgan fingerprint density at radius 1 is 1.19 bits per heavy atom. The van der Waals surface area contributed by atoms with Crippen molar-refractivity contribution in [3.63, 3.8) is 0 Å². The highest BCUT2D eigenvalue weighted by Crippen LogP contribution is 2.46. The number of aryl methyl sites for hydroxylation is 1. The van der Waals surface area contributed by atoms with Gasteiger partial charge in [0, 0.05) is 5.69 Å². The number of amides is 4. The zero-order chi connectivity index (χ0) is 23.1. The number of urea groups is 1. The second kappa shape index (κ2) is 8.11. The smallest absolute Gasteiger partial charge is 0.325 e. The lowest BCUT2D eigenvalue weighted by Crippen LogP contribution is -2.54. The Balaban J connectivity index is 1.57. The molecule has 2 unspecified atom stereocenters. The molecule has 2 atom stereocenters. The number of furan rings is 1. The number of imide groups is 1. The number of benzene rings is 1. The first-order chi connectivity index (χ1) is 15.1. The Morgan fingerprint density at radius 2 is 1.91 bits per heavy atom. The van der Waals surface area contributed by atoms with Crippen LogP contribution in [0.5, 0.6) is 0 Å². The van der Waals surface area contributed by atoms with Gasteiger partial charge in [-0.1, -0.05) is 38.5 Å². The summed E-state index contributed by atoms with van der Waals surface area (Å²) >= 11 is 0. The van der Waals surface area contributed by atoms with Crippen LogP contribution in [0.2, 0.25) is 0 Å². The van der Waals surface area contributed by atoms with E-state index in [-0.39, 0.29) is 30.3 Å². The maximum Gasteiger partial charge on any atom is 0.325 e. The molecule has 0 bridgehead atoms. The number of rotatable bonds is 5. The number of anilines is 1. The van der Waals surface area contributed by atoms with E-state index in [0.717, 1.165) is 16.9 Å². The molecule has 1 N–H and O–H groups in total. The van der Waals surface area contributed by atoms with E-state index in [9.17, 15) is 14.4 Å². The molecule has 2 heterocycles. The maximum absolute atomic E-state index is 13.4. The van der Waals surface area contributed by atoms with Gasteiger partial charge in [0.1, 0.15) is 17.8 Å². The van der Waals surface area contributed by atoms with Crippen molar-refractivity contribution < 1.29 is 18.8 Å². The quantitative estimate of drug-likeness (QED) is 0.709. The zero-order valence-electron chi connectivity index (χ0n) is 19.2. The third-order valence-electron chi connectivity index (χ3n) is 6.46. The first-order valence-electron chi connectivity index (χ1n) is 11.1. The Bertz CT molecular complexity index is 1010. The molecular weight excluding hydrogens is 406 g/mol. The second-order valence-corrected chi connectivity index (χ2v) is 10.2. The minimum atomic E-state index is -0.922. The Labute approximate surface area is 188 Å². The van der Waals surface area contributed by atoms with Crippen molar-refractivity contribution >= 4 is 23.5 Å². The molecule has 1 saturated heterocycles. The summed E-state index contributed by atoms with van der Waals surface area (Å²) in [4.78, 5) is 42.3. The number of carbonyl (C=O) groups is 3. The fourth-order valence-electron chi connectivity index (χ4n) is 5.48. The van der Waals surface area contributed by atoms with Crippen molar-refractivity contribution in [2.24, 2.45) is 11.3 Å². The van der Waals surface area contributed by atoms with Crippen LogP contribution in [0.4, 0.5) is 10.5 Å². The Kier molecular flexibility index (Phi) is 5.61. The lowest BCUT2D eigenvalue weighted by molar-refractivity contribution is -0.137. The lowest BCUT2D eigenvalue weighted by Gasteiger charge is -2.43. The molecule has 2 fully saturated rings. The van der Waals surface area contributed by atoms with E-state index in [1.165, 1.54) is 0 Å². The predicted molar refractivity (Wildman–Crippen MR) is 121 cm³/mol. The first-order valence-corrected chi connectivity index (χ1v) is 11.1. The molecule has 0 radical (unpaired) electrons. The topological polar surface area (TPSA) is 82.9 Å². The van der Waals surface area contributed by atoms with Crippen molar-refractivity contribution in [1.82, 2.24) is 10.2 Å². The van der Waals surface area contributed by atoms with E-state index in [1.54, 1.807) is 23.3 Å². The fourth-order valence-corrected chi connectivity index (χ4v) is 5.48. The molecule has 1 spiro atoms. The van der Waals surface area contributed by atoms with Gasteiger partial charge in [-0.25, -0.2) is 4.79 Å². The number of carbonyl (C=O) groups excluding carboxylic acids is 3. The SMILES string of the molecule is Cc1ccc(N(Cc2ccco2)C(=O)CN2C(=O)NC3(CC(C)CC(C)(C)C3)C2=O)cc1. The summed E-state index contributed by atoms with van der Waals surface area (Å²) in [5.74, 6) is 0.295. The largest absolute Gasteiger partial charge is 0.467 e. The van der Waals surface area contributed by atoms with Gasteiger partial charge in [-0.15, -0.1) is 0 Å². The molecule has 2 aliphatic rings. The van der Waals surface area contributed by atoms with Crippen molar-refractivity contribution in [2.45, 2.75) is 59.0 Å². The third kappa shape index (κ3) is 4.29.